The fraction of sp³-hybridized carbons (Fsp3) is 0.357. The van der Waals surface area contributed by atoms with Crippen LogP contribution in [-0.4, -0.2) is 33.9 Å². The van der Waals surface area contributed by atoms with E-state index in [1.165, 1.54) is 6.08 Å². The Hall–Kier alpha value is -2.37. The number of rotatable bonds is 2. The number of imide groups is 2. The van der Waals surface area contributed by atoms with Crippen molar-refractivity contribution in [2.75, 3.05) is 6.54 Å². The molecule has 1 aliphatic rings. The molecule has 1 N–H and O–H groups in total. The smallest absolute Gasteiger partial charge is 0.331 e. The van der Waals surface area contributed by atoms with Crippen molar-refractivity contribution in [1.82, 2.24) is 14.8 Å². The van der Waals surface area contributed by atoms with Gasteiger partial charge in [0.05, 0.1) is 0 Å². The zero-order valence-electron chi connectivity index (χ0n) is 12.0. The van der Waals surface area contributed by atoms with Crippen LogP contribution in [0.5, 0.6) is 0 Å². The van der Waals surface area contributed by atoms with Crippen LogP contribution in [0.25, 0.3) is 6.08 Å². The number of nitrogens with one attached hydrogen (secondary N) is 1. The lowest BCUT2D eigenvalue weighted by Gasteiger charge is -2.24. The Bertz CT molecular complexity index is 640. The minimum absolute atomic E-state index is 0.0137. The first-order valence-electron chi connectivity index (χ1n) is 6.38. The molecule has 0 unspecified atom stereocenters. The van der Waals surface area contributed by atoms with E-state index in [9.17, 15) is 14.4 Å². The Morgan fingerprint density at radius 2 is 1.90 bits per heavy atom. The van der Waals surface area contributed by atoms with Gasteiger partial charge in [-0.15, -0.1) is 0 Å². The van der Waals surface area contributed by atoms with Gasteiger partial charge in [-0.3, -0.25) is 19.8 Å². The Morgan fingerprint density at radius 3 is 2.40 bits per heavy atom. The lowest BCUT2D eigenvalue weighted by Crippen LogP contribution is -2.53. The SMILES string of the molecule is CCN1C(=O)NC(=O)/C(=C/c2cc(C)n(C)c2C)C1=O. The van der Waals surface area contributed by atoms with E-state index < -0.39 is 17.8 Å². The molecule has 0 saturated carbocycles. The highest BCUT2D eigenvalue weighted by Crippen LogP contribution is 2.19. The monoisotopic (exact) mass is 275 g/mol. The van der Waals surface area contributed by atoms with E-state index in [0.29, 0.717) is 0 Å². The van der Waals surface area contributed by atoms with Crippen LogP contribution >= 0.6 is 0 Å². The van der Waals surface area contributed by atoms with Gasteiger partial charge in [-0.1, -0.05) is 0 Å². The zero-order valence-corrected chi connectivity index (χ0v) is 12.0. The third-order valence-corrected chi connectivity index (χ3v) is 3.62. The van der Waals surface area contributed by atoms with Gasteiger partial charge in [-0.05, 0) is 38.5 Å². The van der Waals surface area contributed by atoms with Crippen LogP contribution in [-0.2, 0) is 16.6 Å². The van der Waals surface area contributed by atoms with Gasteiger partial charge >= 0.3 is 6.03 Å². The summed E-state index contributed by atoms with van der Waals surface area (Å²) in [5.41, 5.74) is 2.77. The van der Waals surface area contributed by atoms with Crippen LogP contribution in [0.3, 0.4) is 0 Å². The number of aryl methyl sites for hydroxylation is 1. The van der Waals surface area contributed by atoms with E-state index in [0.717, 1.165) is 21.9 Å². The number of nitrogens with zero attached hydrogens (tertiary/aromatic N) is 2. The molecule has 0 bridgehead atoms. The number of aromatic nitrogens is 1. The van der Waals surface area contributed by atoms with Crippen molar-refractivity contribution in [1.29, 1.82) is 0 Å². The number of hydrogen-bond donors (Lipinski definition) is 1. The maximum atomic E-state index is 12.2. The molecule has 1 saturated heterocycles. The fourth-order valence-corrected chi connectivity index (χ4v) is 2.17. The molecule has 4 amide bonds. The van der Waals surface area contributed by atoms with Crippen molar-refractivity contribution in [2.24, 2.45) is 7.05 Å². The largest absolute Gasteiger partial charge is 0.352 e. The first-order valence-corrected chi connectivity index (χ1v) is 6.38. The van der Waals surface area contributed by atoms with Gasteiger partial charge in [0.1, 0.15) is 5.57 Å². The van der Waals surface area contributed by atoms with Crippen molar-refractivity contribution in [3.05, 3.63) is 28.6 Å². The van der Waals surface area contributed by atoms with Gasteiger partial charge in [0.2, 0.25) is 0 Å². The molecule has 0 spiro atoms. The second-order valence-electron chi connectivity index (χ2n) is 4.75. The fourth-order valence-electron chi connectivity index (χ4n) is 2.17. The minimum Gasteiger partial charge on any atom is -0.352 e. The van der Waals surface area contributed by atoms with Crippen LogP contribution in [0.15, 0.2) is 11.6 Å². The number of urea groups is 1. The van der Waals surface area contributed by atoms with Gasteiger partial charge in [-0.2, -0.15) is 0 Å². The van der Waals surface area contributed by atoms with Crippen molar-refractivity contribution >= 4 is 23.9 Å². The molecule has 106 valence electrons. The molecule has 2 heterocycles. The third-order valence-electron chi connectivity index (χ3n) is 3.62. The normalized spacial score (nSPS) is 17.9. The predicted octanol–water partition coefficient (Wildman–Crippen LogP) is 1.12. The van der Waals surface area contributed by atoms with Gasteiger partial charge < -0.3 is 4.57 Å². The van der Waals surface area contributed by atoms with Crippen molar-refractivity contribution in [3.63, 3.8) is 0 Å². The highest BCUT2D eigenvalue weighted by molar-refractivity contribution is 6.31. The number of carbonyl (C=O) groups is 3. The Labute approximate surface area is 117 Å². The molecule has 0 aromatic carbocycles. The number of carbonyl (C=O) groups excluding carboxylic acids is 3. The molecule has 1 aliphatic heterocycles. The van der Waals surface area contributed by atoms with Crippen LogP contribution in [0.2, 0.25) is 0 Å². The van der Waals surface area contributed by atoms with Crippen molar-refractivity contribution < 1.29 is 14.4 Å². The summed E-state index contributed by atoms with van der Waals surface area (Å²) in [6.45, 7) is 5.76. The standard InChI is InChI=1S/C14H17N3O3/c1-5-17-13(19)11(12(18)15-14(17)20)7-10-6-8(2)16(4)9(10)3/h6-7H,5H2,1-4H3,(H,15,18,20)/b11-7-. The average molecular weight is 275 g/mol. The molecule has 2 rings (SSSR count). The molecule has 6 nitrogen and oxygen atoms in total. The van der Waals surface area contributed by atoms with E-state index in [-0.39, 0.29) is 12.1 Å². The topological polar surface area (TPSA) is 71.4 Å². The quantitative estimate of drug-likeness (QED) is 0.649. The number of barbiturate groups is 1. The molecule has 1 aromatic heterocycles. The van der Waals surface area contributed by atoms with Crippen LogP contribution in [0.4, 0.5) is 4.79 Å². The Kier molecular flexibility index (Phi) is 3.48. The molecule has 1 fully saturated rings. The molecule has 6 heteroatoms. The van der Waals surface area contributed by atoms with Gasteiger partial charge in [0.25, 0.3) is 11.8 Å². The number of amides is 4. The summed E-state index contributed by atoms with van der Waals surface area (Å²) in [7, 11) is 1.91. The zero-order chi connectivity index (χ0) is 15.0. The molecular formula is C14H17N3O3. The summed E-state index contributed by atoms with van der Waals surface area (Å²) in [4.78, 5) is 36.5. The Morgan fingerprint density at radius 1 is 1.25 bits per heavy atom. The minimum atomic E-state index is -0.666. The summed E-state index contributed by atoms with van der Waals surface area (Å²) in [6, 6.07) is 1.23. The van der Waals surface area contributed by atoms with E-state index in [4.69, 9.17) is 0 Å². The maximum Gasteiger partial charge on any atom is 0.331 e. The van der Waals surface area contributed by atoms with E-state index >= 15 is 0 Å². The van der Waals surface area contributed by atoms with E-state index in [2.05, 4.69) is 5.32 Å². The van der Waals surface area contributed by atoms with Gasteiger partial charge in [0, 0.05) is 25.0 Å². The highest BCUT2D eigenvalue weighted by atomic mass is 16.2. The van der Waals surface area contributed by atoms with E-state index in [1.807, 2.05) is 31.5 Å². The maximum absolute atomic E-state index is 12.2. The lowest BCUT2D eigenvalue weighted by molar-refractivity contribution is -0.129. The average Bonchev–Trinajstić information content (AvgIpc) is 2.62. The number of hydrogen-bond acceptors (Lipinski definition) is 3. The molecule has 20 heavy (non-hydrogen) atoms. The summed E-state index contributed by atoms with van der Waals surface area (Å²) in [6.07, 6.45) is 1.54. The van der Waals surface area contributed by atoms with Gasteiger partial charge in [-0.25, -0.2) is 4.79 Å². The second-order valence-corrected chi connectivity index (χ2v) is 4.75. The van der Waals surface area contributed by atoms with Crippen molar-refractivity contribution in [2.45, 2.75) is 20.8 Å². The summed E-state index contributed by atoms with van der Waals surface area (Å²) >= 11 is 0. The molecule has 0 atom stereocenters. The van der Waals surface area contributed by atoms with Crippen molar-refractivity contribution in [3.8, 4) is 0 Å². The number of likely N-dealkylation sites (N-methyl/N-ethyl adjacent to an activating group) is 1. The van der Waals surface area contributed by atoms with Gasteiger partial charge in [0.15, 0.2) is 0 Å². The molecule has 0 radical (unpaired) electrons. The predicted molar refractivity (Wildman–Crippen MR) is 73.8 cm³/mol. The molecule has 0 aliphatic carbocycles. The highest BCUT2D eigenvalue weighted by Gasteiger charge is 2.34. The third kappa shape index (κ3) is 2.13. The first kappa shape index (κ1) is 14.0. The lowest BCUT2D eigenvalue weighted by atomic mass is 10.1. The summed E-state index contributed by atoms with van der Waals surface area (Å²) in [5, 5.41) is 2.17. The van der Waals surface area contributed by atoms with Crippen LogP contribution in [0, 0.1) is 13.8 Å². The first-order chi connectivity index (χ1) is 9.36. The summed E-state index contributed by atoms with van der Waals surface area (Å²) in [5.74, 6) is -1.20. The van der Waals surface area contributed by atoms with E-state index in [1.54, 1.807) is 6.92 Å². The molecule has 1 aromatic rings. The summed E-state index contributed by atoms with van der Waals surface area (Å²) < 4.78 is 1.97. The second kappa shape index (κ2) is 4.96. The van der Waals surface area contributed by atoms with Crippen LogP contribution in [0.1, 0.15) is 23.9 Å². The molecular weight excluding hydrogens is 258 g/mol. The Balaban J connectivity index is 2.46. The van der Waals surface area contributed by atoms with Crippen LogP contribution < -0.4 is 5.32 Å².